The van der Waals surface area contributed by atoms with Gasteiger partial charge >= 0.3 is 0 Å². The van der Waals surface area contributed by atoms with Gasteiger partial charge < -0.3 is 15.1 Å². The van der Waals surface area contributed by atoms with Crippen molar-refractivity contribution in [3.8, 4) is 17.1 Å². The van der Waals surface area contributed by atoms with E-state index in [4.69, 9.17) is 10.2 Å². The number of hydrogen-bond acceptors (Lipinski definition) is 4. The highest BCUT2D eigenvalue weighted by molar-refractivity contribution is 5.94. The molecule has 6 nitrogen and oxygen atoms in total. The Morgan fingerprint density at radius 3 is 2.56 bits per heavy atom. The van der Waals surface area contributed by atoms with Gasteiger partial charge in [0.25, 0.3) is 5.91 Å². The number of carbonyl (C=O) groups is 1. The summed E-state index contributed by atoms with van der Waals surface area (Å²) < 4.78 is 7.13. The van der Waals surface area contributed by atoms with Crippen molar-refractivity contribution in [1.82, 2.24) is 14.7 Å². The third-order valence-electron chi connectivity index (χ3n) is 4.53. The quantitative estimate of drug-likeness (QED) is 0.798. The third-order valence-corrected chi connectivity index (χ3v) is 4.53. The molecule has 0 unspecified atom stereocenters. The maximum absolute atomic E-state index is 13.1. The number of aromatic nitrogens is 2. The molecule has 4 rings (SSSR count). The molecule has 2 aromatic heterocycles. The first-order valence-corrected chi connectivity index (χ1v) is 8.46. The first kappa shape index (κ1) is 15.7. The summed E-state index contributed by atoms with van der Waals surface area (Å²) in [7, 11) is 0. The van der Waals surface area contributed by atoms with Crippen LogP contribution in [0.5, 0.6) is 0 Å². The van der Waals surface area contributed by atoms with E-state index in [0.29, 0.717) is 30.2 Å². The lowest BCUT2D eigenvalue weighted by Gasteiger charge is -2.30. The van der Waals surface area contributed by atoms with Gasteiger partial charge in [-0.15, -0.1) is 0 Å². The zero-order valence-corrected chi connectivity index (χ0v) is 13.8. The van der Waals surface area contributed by atoms with Crippen molar-refractivity contribution in [1.29, 1.82) is 0 Å². The molecule has 3 heterocycles. The predicted octanol–water partition coefficient (Wildman–Crippen LogP) is 2.70. The van der Waals surface area contributed by atoms with Crippen molar-refractivity contribution < 1.29 is 9.21 Å². The number of hydrogen-bond donors (Lipinski definition) is 1. The number of amides is 1. The van der Waals surface area contributed by atoms with Crippen molar-refractivity contribution in [3.63, 3.8) is 0 Å². The van der Waals surface area contributed by atoms with Crippen LogP contribution in [-0.4, -0.2) is 39.7 Å². The van der Waals surface area contributed by atoms with Crippen LogP contribution in [-0.2, 0) is 0 Å². The van der Waals surface area contributed by atoms with Gasteiger partial charge in [0, 0.05) is 25.2 Å². The van der Waals surface area contributed by atoms with Crippen LogP contribution >= 0.6 is 0 Å². The highest BCUT2D eigenvalue weighted by atomic mass is 16.3. The highest BCUT2D eigenvalue weighted by Crippen LogP contribution is 2.24. The summed E-state index contributed by atoms with van der Waals surface area (Å²) >= 11 is 0. The lowest BCUT2D eigenvalue weighted by atomic mass is 10.1. The summed E-state index contributed by atoms with van der Waals surface area (Å²) in [6.45, 7) is 1.35. The number of likely N-dealkylation sites (tertiary alicyclic amines) is 1. The Hall–Kier alpha value is -2.86. The van der Waals surface area contributed by atoms with E-state index >= 15 is 0 Å². The number of furan rings is 1. The molecule has 1 saturated heterocycles. The second-order valence-electron chi connectivity index (χ2n) is 6.27. The van der Waals surface area contributed by atoms with Gasteiger partial charge in [0.15, 0.2) is 5.76 Å². The minimum absolute atomic E-state index is 0.0268. The average Bonchev–Trinajstić information content (AvgIpc) is 3.32. The van der Waals surface area contributed by atoms with Crippen LogP contribution in [0.4, 0.5) is 0 Å². The molecule has 0 spiro atoms. The molecule has 2 N–H and O–H groups in total. The SMILES string of the molecule is NC1CCN(C(=O)c2cc(-c3ccco3)nn2-c2ccccc2)CC1. The molecule has 1 amide bonds. The van der Waals surface area contributed by atoms with Crippen molar-refractivity contribution in [3.05, 3.63) is 60.5 Å². The molecule has 3 aromatic rings. The zero-order valence-electron chi connectivity index (χ0n) is 13.8. The van der Waals surface area contributed by atoms with E-state index in [0.717, 1.165) is 18.5 Å². The number of rotatable bonds is 3. The van der Waals surface area contributed by atoms with E-state index in [1.165, 1.54) is 0 Å². The fraction of sp³-hybridized carbons (Fsp3) is 0.263. The number of piperidine rings is 1. The Morgan fingerprint density at radius 2 is 1.88 bits per heavy atom. The minimum Gasteiger partial charge on any atom is -0.463 e. The molecule has 0 radical (unpaired) electrons. The van der Waals surface area contributed by atoms with Crippen molar-refractivity contribution in [2.24, 2.45) is 5.73 Å². The van der Waals surface area contributed by atoms with E-state index < -0.39 is 0 Å². The second kappa shape index (κ2) is 6.57. The van der Waals surface area contributed by atoms with Crippen LogP contribution in [0.15, 0.2) is 59.2 Å². The average molecular weight is 336 g/mol. The van der Waals surface area contributed by atoms with Gasteiger partial charge in [-0.3, -0.25) is 4.79 Å². The summed E-state index contributed by atoms with van der Waals surface area (Å²) in [6, 6.07) is 15.3. The van der Waals surface area contributed by atoms with Crippen LogP contribution in [0.1, 0.15) is 23.3 Å². The van der Waals surface area contributed by atoms with Gasteiger partial charge in [-0.1, -0.05) is 18.2 Å². The van der Waals surface area contributed by atoms with Crippen molar-refractivity contribution in [2.75, 3.05) is 13.1 Å². The van der Waals surface area contributed by atoms with Crippen molar-refractivity contribution in [2.45, 2.75) is 18.9 Å². The molecule has 1 aliphatic rings. The molecule has 0 saturated carbocycles. The Labute approximate surface area is 145 Å². The normalized spacial score (nSPS) is 15.5. The van der Waals surface area contributed by atoms with Crippen LogP contribution in [0.25, 0.3) is 17.1 Å². The summed E-state index contributed by atoms with van der Waals surface area (Å²) in [5.74, 6) is 0.616. The zero-order chi connectivity index (χ0) is 17.2. The van der Waals surface area contributed by atoms with Gasteiger partial charge in [0.1, 0.15) is 11.4 Å². The van der Waals surface area contributed by atoms with E-state index in [1.54, 1.807) is 17.0 Å². The summed E-state index contributed by atoms with van der Waals surface area (Å²) in [4.78, 5) is 14.9. The van der Waals surface area contributed by atoms with Gasteiger partial charge in [-0.25, -0.2) is 4.68 Å². The van der Waals surface area contributed by atoms with Crippen LogP contribution in [0.2, 0.25) is 0 Å². The van der Waals surface area contributed by atoms with Crippen molar-refractivity contribution >= 4 is 5.91 Å². The second-order valence-corrected chi connectivity index (χ2v) is 6.27. The number of nitrogens with zero attached hydrogens (tertiary/aromatic N) is 3. The molecular weight excluding hydrogens is 316 g/mol. The number of carbonyl (C=O) groups excluding carboxylic acids is 1. The van der Waals surface area contributed by atoms with Crippen LogP contribution in [0.3, 0.4) is 0 Å². The lowest BCUT2D eigenvalue weighted by Crippen LogP contribution is -2.43. The molecule has 128 valence electrons. The largest absolute Gasteiger partial charge is 0.463 e. The predicted molar refractivity (Wildman–Crippen MR) is 94.4 cm³/mol. The summed E-state index contributed by atoms with van der Waals surface area (Å²) in [5.41, 5.74) is 7.98. The number of benzene rings is 1. The Kier molecular flexibility index (Phi) is 4.11. The molecule has 6 heteroatoms. The molecule has 1 aliphatic heterocycles. The molecule has 1 fully saturated rings. The van der Waals surface area contributed by atoms with Gasteiger partial charge in [0.05, 0.1) is 12.0 Å². The molecule has 0 bridgehead atoms. The van der Waals surface area contributed by atoms with E-state index in [2.05, 4.69) is 5.10 Å². The topological polar surface area (TPSA) is 77.3 Å². The molecule has 0 atom stereocenters. The third kappa shape index (κ3) is 3.08. The van der Waals surface area contributed by atoms with E-state index in [-0.39, 0.29) is 11.9 Å². The van der Waals surface area contributed by atoms with Gasteiger partial charge in [0.2, 0.25) is 0 Å². The smallest absolute Gasteiger partial charge is 0.272 e. The Balaban J connectivity index is 1.73. The standard InChI is InChI=1S/C19H20N4O2/c20-14-8-10-22(11-9-14)19(24)17-13-16(18-7-4-12-25-18)21-23(17)15-5-2-1-3-6-15/h1-7,12-14H,8-11,20H2. The number of para-hydroxylation sites is 1. The lowest BCUT2D eigenvalue weighted by molar-refractivity contribution is 0.0705. The maximum atomic E-state index is 13.1. The Morgan fingerprint density at radius 1 is 1.12 bits per heavy atom. The van der Waals surface area contributed by atoms with Gasteiger partial charge in [-0.2, -0.15) is 5.10 Å². The molecular formula is C19H20N4O2. The monoisotopic (exact) mass is 336 g/mol. The van der Waals surface area contributed by atoms with Crippen LogP contribution in [0, 0.1) is 0 Å². The first-order valence-electron chi connectivity index (χ1n) is 8.46. The van der Waals surface area contributed by atoms with E-state index in [1.807, 2.05) is 47.4 Å². The molecule has 0 aliphatic carbocycles. The van der Waals surface area contributed by atoms with Gasteiger partial charge in [-0.05, 0) is 37.1 Å². The first-order chi connectivity index (χ1) is 12.2. The summed E-state index contributed by atoms with van der Waals surface area (Å²) in [5, 5.41) is 4.60. The van der Waals surface area contributed by atoms with Crippen LogP contribution < -0.4 is 5.73 Å². The highest BCUT2D eigenvalue weighted by Gasteiger charge is 2.26. The molecule has 25 heavy (non-hydrogen) atoms. The fourth-order valence-electron chi connectivity index (χ4n) is 3.11. The molecule has 1 aromatic carbocycles. The minimum atomic E-state index is -0.0268. The fourth-order valence-corrected chi connectivity index (χ4v) is 3.11. The maximum Gasteiger partial charge on any atom is 0.272 e. The Bertz CT molecular complexity index is 847. The summed E-state index contributed by atoms with van der Waals surface area (Å²) in [6.07, 6.45) is 3.26. The van der Waals surface area contributed by atoms with E-state index in [9.17, 15) is 4.79 Å². The number of nitrogens with two attached hydrogens (primary N) is 1.